The molecular weight excluding hydrogens is 276 g/mol. The highest BCUT2D eigenvalue weighted by Gasteiger charge is 2.24. The lowest BCUT2D eigenvalue weighted by molar-refractivity contribution is -0.143. The van der Waals surface area contributed by atoms with E-state index >= 15 is 0 Å². The fraction of sp³-hybridized carbons (Fsp3) is 0.800. The summed E-state index contributed by atoms with van der Waals surface area (Å²) in [6.07, 6.45) is -0.550. The lowest BCUT2D eigenvalue weighted by Gasteiger charge is -2.20. The van der Waals surface area contributed by atoms with Crippen LogP contribution in [0.15, 0.2) is 12.7 Å². The van der Waals surface area contributed by atoms with E-state index in [0.717, 1.165) is 0 Å². The van der Waals surface area contributed by atoms with Crippen molar-refractivity contribution in [3.8, 4) is 0 Å². The number of hydrogen-bond acceptors (Lipinski definition) is 5. The van der Waals surface area contributed by atoms with Crippen LogP contribution in [-0.4, -0.2) is 55.9 Å². The third-order valence-corrected chi connectivity index (χ3v) is 3.56. The Morgan fingerprint density at radius 2 is 1.62 bits per heavy atom. The molecule has 0 aliphatic rings. The molecule has 5 unspecified atom stereocenters. The molecule has 5 atom stereocenters. The van der Waals surface area contributed by atoms with Gasteiger partial charge in [0.15, 0.2) is 0 Å². The van der Waals surface area contributed by atoms with Crippen molar-refractivity contribution in [3.63, 3.8) is 0 Å². The average Bonchev–Trinajstić information content (AvgIpc) is 2.42. The maximum atomic E-state index is 11.2. The zero-order valence-corrected chi connectivity index (χ0v) is 12.6. The summed E-state index contributed by atoms with van der Waals surface area (Å²) in [4.78, 5) is 11.2. The topological polar surface area (TPSA) is 118 Å². The van der Waals surface area contributed by atoms with Gasteiger partial charge in [-0.05, 0) is 32.1 Å². The molecule has 5 N–H and O–H groups in total. The molecule has 0 bridgehead atoms. The molecule has 0 aromatic heterocycles. The van der Waals surface area contributed by atoms with Crippen LogP contribution in [0.25, 0.3) is 0 Å². The summed E-state index contributed by atoms with van der Waals surface area (Å²) in [5.41, 5.74) is 0. The van der Waals surface area contributed by atoms with Gasteiger partial charge in [0.25, 0.3) is 0 Å². The van der Waals surface area contributed by atoms with Crippen LogP contribution in [0.3, 0.4) is 0 Å². The van der Waals surface area contributed by atoms with Gasteiger partial charge in [0.05, 0.1) is 30.3 Å². The van der Waals surface area contributed by atoms with Crippen molar-refractivity contribution in [1.82, 2.24) is 0 Å². The first-order valence-corrected chi connectivity index (χ1v) is 7.37. The molecule has 21 heavy (non-hydrogen) atoms. The first kappa shape index (κ1) is 20.1. The summed E-state index contributed by atoms with van der Waals surface area (Å²) < 4.78 is 0. The second-order valence-electron chi connectivity index (χ2n) is 5.49. The SMILES string of the molecule is C=CC(O)CC(O)CC(CCC(O)CC(O)CC)C(=O)O. The Morgan fingerprint density at radius 3 is 2.10 bits per heavy atom. The van der Waals surface area contributed by atoms with Crippen molar-refractivity contribution in [2.75, 3.05) is 0 Å². The molecular formula is C15H28O6. The fourth-order valence-corrected chi connectivity index (χ4v) is 2.13. The second-order valence-corrected chi connectivity index (χ2v) is 5.49. The lowest BCUT2D eigenvalue weighted by atomic mass is 9.91. The monoisotopic (exact) mass is 304 g/mol. The van der Waals surface area contributed by atoms with E-state index in [1.54, 1.807) is 6.92 Å². The number of aliphatic hydroxyl groups is 4. The maximum Gasteiger partial charge on any atom is 0.306 e. The van der Waals surface area contributed by atoms with Crippen molar-refractivity contribution in [2.45, 2.75) is 69.9 Å². The van der Waals surface area contributed by atoms with Crippen molar-refractivity contribution < 1.29 is 30.3 Å². The Bertz CT molecular complexity index is 307. The van der Waals surface area contributed by atoms with Crippen LogP contribution < -0.4 is 0 Å². The summed E-state index contributed by atoms with van der Waals surface area (Å²) in [5.74, 6) is -1.82. The zero-order chi connectivity index (χ0) is 16.4. The molecule has 0 aromatic rings. The largest absolute Gasteiger partial charge is 0.481 e. The molecule has 0 saturated heterocycles. The van der Waals surface area contributed by atoms with E-state index in [4.69, 9.17) is 5.11 Å². The van der Waals surface area contributed by atoms with Crippen LogP contribution in [0.5, 0.6) is 0 Å². The smallest absolute Gasteiger partial charge is 0.306 e. The Balaban J connectivity index is 4.24. The molecule has 0 rings (SSSR count). The third kappa shape index (κ3) is 9.57. The highest BCUT2D eigenvalue weighted by atomic mass is 16.4. The van der Waals surface area contributed by atoms with Gasteiger partial charge in [-0.25, -0.2) is 0 Å². The molecule has 0 fully saturated rings. The summed E-state index contributed by atoms with van der Waals surface area (Å²) in [6.45, 7) is 5.19. The van der Waals surface area contributed by atoms with Gasteiger partial charge in [-0.1, -0.05) is 13.0 Å². The summed E-state index contributed by atoms with van der Waals surface area (Å²) in [6, 6.07) is 0. The van der Waals surface area contributed by atoms with Crippen molar-refractivity contribution in [2.24, 2.45) is 5.92 Å². The van der Waals surface area contributed by atoms with E-state index in [9.17, 15) is 25.2 Å². The van der Waals surface area contributed by atoms with E-state index in [1.807, 2.05) is 0 Å². The summed E-state index contributed by atoms with van der Waals surface area (Å²) >= 11 is 0. The molecule has 6 nitrogen and oxygen atoms in total. The molecule has 6 heteroatoms. The lowest BCUT2D eigenvalue weighted by Crippen LogP contribution is -2.25. The van der Waals surface area contributed by atoms with E-state index in [1.165, 1.54) is 6.08 Å². The van der Waals surface area contributed by atoms with Gasteiger partial charge < -0.3 is 25.5 Å². The quantitative estimate of drug-likeness (QED) is 0.338. The molecule has 0 heterocycles. The molecule has 0 radical (unpaired) electrons. The third-order valence-electron chi connectivity index (χ3n) is 3.56. The molecule has 0 spiro atoms. The van der Waals surface area contributed by atoms with E-state index < -0.39 is 36.3 Å². The van der Waals surface area contributed by atoms with Crippen molar-refractivity contribution in [3.05, 3.63) is 12.7 Å². The number of carboxylic acid groups (broad SMARTS) is 1. The molecule has 0 saturated carbocycles. The van der Waals surface area contributed by atoms with Gasteiger partial charge in [0.1, 0.15) is 0 Å². The highest BCUT2D eigenvalue weighted by molar-refractivity contribution is 5.69. The fourth-order valence-electron chi connectivity index (χ4n) is 2.13. The summed E-state index contributed by atoms with van der Waals surface area (Å²) in [5, 5.41) is 47.4. The Hall–Kier alpha value is -0.950. The van der Waals surface area contributed by atoms with E-state index in [2.05, 4.69) is 6.58 Å². The summed E-state index contributed by atoms with van der Waals surface area (Å²) in [7, 11) is 0. The Morgan fingerprint density at radius 1 is 1.00 bits per heavy atom. The molecule has 0 aliphatic heterocycles. The van der Waals surface area contributed by atoms with Gasteiger partial charge in [0, 0.05) is 6.42 Å². The maximum absolute atomic E-state index is 11.2. The number of aliphatic carboxylic acids is 1. The van der Waals surface area contributed by atoms with Gasteiger partial charge in [0.2, 0.25) is 0 Å². The average molecular weight is 304 g/mol. The van der Waals surface area contributed by atoms with Crippen LogP contribution in [0, 0.1) is 5.92 Å². The molecule has 0 aromatic carbocycles. The number of carboxylic acids is 1. The minimum absolute atomic E-state index is 0.0171. The first-order valence-electron chi connectivity index (χ1n) is 7.37. The number of aliphatic hydroxyl groups excluding tert-OH is 4. The van der Waals surface area contributed by atoms with E-state index in [0.29, 0.717) is 6.42 Å². The Kier molecular flexibility index (Phi) is 10.2. The van der Waals surface area contributed by atoms with E-state index in [-0.39, 0.29) is 32.1 Å². The van der Waals surface area contributed by atoms with Gasteiger partial charge in [-0.2, -0.15) is 0 Å². The minimum Gasteiger partial charge on any atom is -0.481 e. The van der Waals surface area contributed by atoms with Crippen LogP contribution in [-0.2, 0) is 4.79 Å². The first-order chi connectivity index (χ1) is 9.79. The van der Waals surface area contributed by atoms with Crippen LogP contribution >= 0.6 is 0 Å². The second kappa shape index (κ2) is 10.7. The van der Waals surface area contributed by atoms with Gasteiger partial charge in [-0.3, -0.25) is 4.79 Å². The predicted molar refractivity (Wildman–Crippen MR) is 78.7 cm³/mol. The molecule has 0 aliphatic carbocycles. The molecule has 0 amide bonds. The zero-order valence-electron chi connectivity index (χ0n) is 12.6. The highest BCUT2D eigenvalue weighted by Crippen LogP contribution is 2.19. The van der Waals surface area contributed by atoms with Crippen LogP contribution in [0.2, 0.25) is 0 Å². The molecule has 124 valence electrons. The van der Waals surface area contributed by atoms with Crippen LogP contribution in [0.4, 0.5) is 0 Å². The van der Waals surface area contributed by atoms with Gasteiger partial charge >= 0.3 is 5.97 Å². The van der Waals surface area contributed by atoms with Gasteiger partial charge in [-0.15, -0.1) is 6.58 Å². The predicted octanol–water partition coefficient (Wildman–Crippen LogP) is 0.677. The Labute approximate surface area is 125 Å². The van der Waals surface area contributed by atoms with Crippen molar-refractivity contribution >= 4 is 5.97 Å². The van der Waals surface area contributed by atoms with Crippen LogP contribution in [0.1, 0.15) is 45.4 Å². The number of rotatable bonds is 12. The number of hydrogen-bond donors (Lipinski definition) is 5. The number of carbonyl (C=O) groups is 1. The normalized spacial score (nSPS) is 18.5. The van der Waals surface area contributed by atoms with Crippen molar-refractivity contribution in [1.29, 1.82) is 0 Å². The standard InChI is InChI=1S/C15H28O6/c1-3-11(16)8-13(18)6-5-10(15(20)21)7-14(19)9-12(17)4-2/h4,10-14,16-19H,2-3,5-9H2,1H3,(H,20,21). The minimum atomic E-state index is -1.04.